The van der Waals surface area contributed by atoms with Gasteiger partial charge in [-0.25, -0.2) is 4.79 Å². The summed E-state index contributed by atoms with van der Waals surface area (Å²) >= 11 is 0. The standard InChI is InChI=1S/C14H22N4O3/c1-11(13(19)16-14(20)15-2)18-7-5-17(6-8-18)10-12-4-3-9-21-12/h3-4,9,11H,5-8,10H2,1-2H3,(H2,15,16,19,20)/t11-/m0/s1. The van der Waals surface area contributed by atoms with Crippen LogP contribution in [0.15, 0.2) is 22.8 Å². The summed E-state index contributed by atoms with van der Waals surface area (Å²) < 4.78 is 5.34. The number of furan rings is 1. The number of rotatable bonds is 4. The molecule has 2 N–H and O–H groups in total. The maximum Gasteiger partial charge on any atom is 0.321 e. The first-order valence-corrected chi connectivity index (χ1v) is 7.11. The Morgan fingerprint density at radius 3 is 2.62 bits per heavy atom. The van der Waals surface area contributed by atoms with Gasteiger partial charge in [0.1, 0.15) is 5.76 Å². The molecule has 1 aromatic rings. The van der Waals surface area contributed by atoms with Crippen LogP contribution in [0.5, 0.6) is 0 Å². The zero-order chi connectivity index (χ0) is 15.2. The van der Waals surface area contributed by atoms with Crippen LogP contribution in [0.3, 0.4) is 0 Å². The molecule has 0 unspecified atom stereocenters. The predicted molar refractivity (Wildman–Crippen MR) is 77.6 cm³/mol. The van der Waals surface area contributed by atoms with E-state index in [1.54, 1.807) is 6.26 Å². The second-order valence-electron chi connectivity index (χ2n) is 5.14. The van der Waals surface area contributed by atoms with Gasteiger partial charge < -0.3 is 9.73 Å². The number of nitrogens with zero attached hydrogens (tertiary/aromatic N) is 2. The van der Waals surface area contributed by atoms with Crippen LogP contribution in [0.4, 0.5) is 4.79 Å². The van der Waals surface area contributed by atoms with E-state index in [0.717, 1.165) is 38.5 Å². The summed E-state index contributed by atoms with van der Waals surface area (Å²) in [5, 5.41) is 4.69. The van der Waals surface area contributed by atoms with Crippen LogP contribution in [0, 0.1) is 0 Å². The molecule has 0 aliphatic carbocycles. The highest BCUT2D eigenvalue weighted by molar-refractivity contribution is 5.96. The SMILES string of the molecule is CNC(=O)NC(=O)[C@H](C)N1CCN(Cc2ccco2)CC1. The number of hydrogen-bond donors (Lipinski definition) is 2. The maximum absolute atomic E-state index is 11.9. The van der Waals surface area contributed by atoms with Crippen LogP contribution in [0.2, 0.25) is 0 Å². The molecule has 3 amide bonds. The normalized spacial score (nSPS) is 18.2. The predicted octanol–water partition coefficient (Wildman–Crippen LogP) is 0.241. The highest BCUT2D eigenvalue weighted by Gasteiger charge is 2.26. The molecule has 0 bridgehead atoms. The van der Waals surface area contributed by atoms with Crippen molar-refractivity contribution in [1.29, 1.82) is 0 Å². The summed E-state index contributed by atoms with van der Waals surface area (Å²) in [6.45, 7) is 5.95. The van der Waals surface area contributed by atoms with Gasteiger partial charge in [0.25, 0.3) is 0 Å². The van der Waals surface area contributed by atoms with Crippen molar-refractivity contribution in [2.24, 2.45) is 0 Å². The molecule has 1 aromatic heterocycles. The molecule has 1 aliphatic heterocycles. The lowest BCUT2D eigenvalue weighted by Gasteiger charge is -2.36. The quantitative estimate of drug-likeness (QED) is 0.832. The van der Waals surface area contributed by atoms with Gasteiger partial charge in [-0.05, 0) is 19.1 Å². The Bertz CT molecular complexity index is 467. The van der Waals surface area contributed by atoms with E-state index in [0.29, 0.717) is 0 Å². The lowest BCUT2D eigenvalue weighted by Crippen LogP contribution is -2.55. The fraction of sp³-hybridized carbons (Fsp3) is 0.571. The summed E-state index contributed by atoms with van der Waals surface area (Å²) in [4.78, 5) is 27.4. The van der Waals surface area contributed by atoms with Crippen LogP contribution >= 0.6 is 0 Å². The number of carbonyl (C=O) groups excluding carboxylic acids is 2. The van der Waals surface area contributed by atoms with Gasteiger partial charge >= 0.3 is 6.03 Å². The Morgan fingerprint density at radius 2 is 2.05 bits per heavy atom. The first-order chi connectivity index (χ1) is 10.1. The molecule has 7 heteroatoms. The van der Waals surface area contributed by atoms with Crippen LogP contribution in [0.25, 0.3) is 0 Å². The van der Waals surface area contributed by atoms with Crippen molar-refractivity contribution >= 4 is 11.9 Å². The summed E-state index contributed by atoms with van der Waals surface area (Å²) in [5.41, 5.74) is 0. The Hall–Kier alpha value is -1.86. The maximum atomic E-state index is 11.9. The van der Waals surface area contributed by atoms with Gasteiger partial charge in [0, 0.05) is 33.2 Å². The van der Waals surface area contributed by atoms with Crippen molar-refractivity contribution in [3.05, 3.63) is 24.2 Å². The van der Waals surface area contributed by atoms with E-state index in [1.165, 1.54) is 7.05 Å². The molecule has 0 radical (unpaired) electrons. The zero-order valence-electron chi connectivity index (χ0n) is 12.5. The molecule has 1 saturated heterocycles. The van der Waals surface area contributed by atoms with Gasteiger partial charge in [-0.2, -0.15) is 0 Å². The average Bonchev–Trinajstić information content (AvgIpc) is 3.00. The van der Waals surface area contributed by atoms with Gasteiger partial charge in [0.2, 0.25) is 5.91 Å². The van der Waals surface area contributed by atoms with Gasteiger partial charge in [-0.15, -0.1) is 0 Å². The molecular formula is C14H22N4O3. The molecular weight excluding hydrogens is 272 g/mol. The highest BCUT2D eigenvalue weighted by Crippen LogP contribution is 2.11. The monoisotopic (exact) mass is 294 g/mol. The van der Waals surface area contributed by atoms with Crippen molar-refractivity contribution < 1.29 is 14.0 Å². The van der Waals surface area contributed by atoms with Gasteiger partial charge in [0.15, 0.2) is 0 Å². The Labute approximate surface area is 124 Å². The molecule has 0 saturated carbocycles. The fourth-order valence-electron chi connectivity index (χ4n) is 2.38. The summed E-state index contributed by atoms with van der Waals surface area (Å²) in [7, 11) is 1.49. The number of hydrogen-bond acceptors (Lipinski definition) is 5. The minimum atomic E-state index is -0.469. The molecule has 7 nitrogen and oxygen atoms in total. The molecule has 0 spiro atoms. The van der Waals surface area contributed by atoms with E-state index < -0.39 is 6.03 Å². The highest BCUT2D eigenvalue weighted by atomic mass is 16.3. The average molecular weight is 294 g/mol. The number of urea groups is 1. The fourth-order valence-corrected chi connectivity index (χ4v) is 2.38. The van der Waals surface area contributed by atoms with E-state index in [9.17, 15) is 9.59 Å². The second kappa shape index (κ2) is 7.24. The smallest absolute Gasteiger partial charge is 0.321 e. The molecule has 2 rings (SSSR count). The van der Waals surface area contributed by atoms with Crippen LogP contribution in [-0.4, -0.2) is 61.0 Å². The van der Waals surface area contributed by atoms with Crippen molar-refractivity contribution in [3.8, 4) is 0 Å². The van der Waals surface area contributed by atoms with Crippen LogP contribution in [0.1, 0.15) is 12.7 Å². The molecule has 1 fully saturated rings. The number of imide groups is 1. The van der Waals surface area contributed by atoms with Crippen molar-refractivity contribution in [1.82, 2.24) is 20.4 Å². The van der Waals surface area contributed by atoms with E-state index in [-0.39, 0.29) is 11.9 Å². The minimum Gasteiger partial charge on any atom is -0.468 e. The van der Waals surface area contributed by atoms with Crippen molar-refractivity contribution in [2.45, 2.75) is 19.5 Å². The Kier molecular flexibility index (Phi) is 5.35. The third-order valence-corrected chi connectivity index (χ3v) is 3.76. The van der Waals surface area contributed by atoms with Gasteiger partial charge in [0.05, 0.1) is 18.8 Å². The Morgan fingerprint density at radius 1 is 1.33 bits per heavy atom. The minimum absolute atomic E-state index is 0.270. The molecule has 21 heavy (non-hydrogen) atoms. The number of piperazine rings is 1. The lowest BCUT2D eigenvalue weighted by atomic mass is 10.2. The molecule has 1 aliphatic rings. The first-order valence-electron chi connectivity index (χ1n) is 7.11. The van der Waals surface area contributed by atoms with Crippen LogP contribution in [-0.2, 0) is 11.3 Å². The van der Waals surface area contributed by atoms with E-state index in [1.807, 2.05) is 19.1 Å². The topological polar surface area (TPSA) is 77.8 Å². The molecule has 116 valence electrons. The molecule has 0 aromatic carbocycles. The Balaban J connectivity index is 1.77. The first kappa shape index (κ1) is 15.5. The lowest BCUT2D eigenvalue weighted by molar-refractivity contribution is -0.125. The van der Waals surface area contributed by atoms with E-state index in [4.69, 9.17) is 4.42 Å². The molecule has 2 heterocycles. The zero-order valence-corrected chi connectivity index (χ0v) is 12.5. The summed E-state index contributed by atoms with van der Waals surface area (Å²) in [5.74, 6) is 0.683. The molecule has 1 atom stereocenters. The number of amides is 3. The van der Waals surface area contributed by atoms with Crippen molar-refractivity contribution in [2.75, 3.05) is 33.2 Å². The number of nitrogens with one attached hydrogen (secondary N) is 2. The van der Waals surface area contributed by atoms with Crippen LogP contribution < -0.4 is 10.6 Å². The third-order valence-electron chi connectivity index (χ3n) is 3.76. The summed E-state index contributed by atoms with van der Waals surface area (Å²) in [6.07, 6.45) is 1.68. The largest absolute Gasteiger partial charge is 0.468 e. The third kappa shape index (κ3) is 4.30. The summed E-state index contributed by atoms with van der Waals surface area (Å²) in [6, 6.07) is 3.07. The number of carbonyl (C=O) groups is 2. The van der Waals surface area contributed by atoms with Crippen molar-refractivity contribution in [3.63, 3.8) is 0 Å². The van der Waals surface area contributed by atoms with Gasteiger partial charge in [-0.3, -0.25) is 19.9 Å². The van der Waals surface area contributed by atoms with E-state index >= 15 is 0 Å². The van der Waals surface area contributed by atoms with E-state index in [2.05, 4.69) is 20.4 Å². The van der Waals surface area contributed by atoms with Gasteiger partial charge in [-0.1, -0.05) is 0 Å². The second-order valence-corrected chi connectivity index (χ2v) is 5.14.